The number of hydrazone groups is 1. The van der Waals surface area contributed by atoms with E-state index in [-0.39, 0.29) is 5.91 Å². The zero-order chi connectivity index (χ0) is 13.1. The molecule has 0 aliphatic heterocycles. The average Bonchev–Trinajstić information content (AvgIpc) is 2.68. The lowest BCUT2D eigenvalue weighted by molar-refractivity contribution is -0.118. The lowest BCUT2D eigenvalue weighted by Gasteiger charge is -2.08. The summed E-state index contributed by atoms with van der Waals surface area (Å²) in [4.78, 5) is 10.8. The van der Waals surface area contributed by atoms with Gasteiger partial charge >= 0.3 is 0 Å². The Morgan fingerprint density at radius 3 is 2.78 bits per heavy atom. The van der Waals surface area contributed by atoms with Crippen LogP contribution in [0.3, 0.4) is 0 Å². The molecule has 0 fully saturated rings. The van der Waals surface area contributed by atoms with Gasteiger partial charge < -0.3 is 4.57 Å². The van der Waals surface area contributed by atoms with Crippen LogP contribution in [-0.2, 0) is 4.79 Å². The Morgan fingerprint density at radius 1 is 1.39 bits per heavy atom. The van der Waals surface area contributed by atoms with Crippen molar-refractivity contribution < 1.29 is 4.79 Å². The van der Waals surface area contributed by atoms with Crippen molar-refractivity contribution in [3.05, 3.63) is 36.0 Å². The van der Waals surface area contributed by atoms with Gasteiger partial charge in [-0.25, -0.2) is 5.43 Å². The second kappa shape index (κ2) is 5.04. The number of aromatic nitrogens is 1. The minimum Gasteiger partial charge on any atom is -0.344 e. The second-order valence-electron chi connectivity index (χ2n) is 4.53. The van der Waals surface area contributed by atoms with Crippen molar-refractivity contribution in [2.45, 2.75) is 26.8 Å². The van der Waals surface area contributed by atoms with Gasteiger partial charge in [0.05, 0.1) is 6.21 Å². The number of nitrogens with zero attached hydrogens (tertiary/aromatic N) is 2. The van der Waals surface area contributed by atoms with Crippen molar-refractivity contribution in [3.63, 3.8) is 0 Å². The Balaban J connectivity index is 2.45. The van der Waals surface area contributed by atoms with Gasteiger partial charge in [0, 0.05) is 35.6 Å². The standard InChI is InChI=1S/C14H17N3O/c1-10(2)17-9-12(8-15-16-11(3)18)13-6-4-5-7-14(13)17/h4-10H,1-3H3,(H,16,18)/b15-8-. The third-order valence-electron chi connectivity index (χ3n) is 2.75. The number of rotatable bonds is 3. The molecular formula is C14H17N3O. The van der Waals surface area contributed by atoms with E-state index in [0.717, 1.165) is 10.9 Å². The molecule has 18 heavy (non-hydrogen) atoms. The summed E-state index contributed by atoms with van der Waals surface area (Å²) in [6, 6.07) is 8.56. The van der Waals surface area contributed by atoms with E-state index in [0.29, 0.717) is 6.04 Å². The molecule has 0 aliphatic rings. The first-order valence-corrected chi connectivity index (χ1v) is 5.99. The molecule has 0 spiro atoms. The molecule has 0 bridgehead atoms. The van der Waals surface area contributed by atoms with Gasteiger partial charge in [0.1, 0.15) is 0 Å². The summed E-state index contributed by atoms with van der Waals surface area (Å²) < 4.78 is 2.20. The molecule has 0 saturated heterocycles. The zero-order valence-electron chi connectivity index (χ0n) is 10.8. The summed E-state index contributed by atoms with van der Waals surface area (Å²) >= 11 is 0. The number of benzene rings is 1. The van der Waals surface area contributed by atoms with Gasteiger partial charge in [-0.15, -0.1) is 0 Å². The minimum atomic E-state index is -0.168. The molecule has 1 aromatic heterocycles. The Bertz CT molecular complexity index is 596. The van der Waals surface area contributed by atoms with Gasteiger partial charge in [-0.2, -0.15) is 5.10 Å². The van der Waals surface area contributed by atoms with Gasteiger partial charge in [0.25, 0.3) is 0 Å². The van der Waals surface area contributed by atoms with E-state index in [2.05, 4.69) is 47.3 Å². The highest BCUT2D eigenvalue weighted by atomic mass is 16.2. The Labute approximate surface area is 106 Å². The molecule has 2 rings (SSSR count). The summed E-state index contributed by atoms with van der Waals surface area (Å²) in [6.45, 7) is 5.72. The quantitative estimate of drug-likeness (QED) is 0.654. The van der Waals surface area contributed by atoms with E-state index in [4.69, 9.17) is 0 Å². The number of hydrogen-bond acceptors (Lipinski definition) is 2. The van der Waals surface area contributed by atoms with Crippen LogP contribution in [0.2, 0.25) is 0 Å². The summed E-state index contributed by atoms with van der Waals surface area (Å²) in [6.07, 6.45) is 3.74. The third kappa shape index (κ3) is 2.42. The van der Waals surface area contributed by atoms with Gasteiger partial charge in [-0.3, -0.25) is 4.79 Å². The Hall–Kier alpha value is -2.10. The minimum absolute atomic E-state index is 0.168. The van der Waals surface area contributed by atoms with Crippen LogP contribution in [0.15, 0.2) is 35.6 Å². The van der Waals surface area contributed by atoms with Gasteiger partial charge in [-0.1, -0.05) is 18.2 Å². The van der Waals surface area contributed by atoms with Crippen LogP contribution in [0.5, 0.6) is 0 Å². The molecule has 0 saturated carbocycles. The van der Waals surface area contributed by atoms with E-state index in [1.54, 1.807) is 6.21 Å². The lowest BCUT2D eigenvalue weighted by atomic mass is 10.2. The van der Waals surface area contributed by atoms with Crippen LogP contribution >= 0.6 is 0 Å². The van der Waals surface area contributed by atoms with Crippen LogP contribution in [0, 0.1) is 0 Å². The first kappa shape index (κ1) is 12.4. The number of amides is 1. The van der Waals surface area contributed by atoms with E-state index in [9.17, 15) is 4.79 Å². The van der Waals surface area contributed by atoms with Crippen LogP contribution in [-0.4, -0.2) is 16.7 Å². The SMILES string of the molecule is CC(=O)N/N=C\c1cn(C(C)C)c2ccccc12. The number of hydrogen-bond donors (Lipinski definition) is 1. The molecule has 0 radical (unpaired) electrons. The number of para-hydroxylation sites is 1. The maximum Gasteiger partial charge on any atom is 0.236 e. The molecule has 4 nitrogen and oxygen atoms in total. The number of carbonyl (C=O) groups excluding carboxylic acids is 1. The molecule has 0 atom stereocenters. The molecular weight excluding hydrogens is 226 g/mol. The predicted molar refractivity (Wildman–Crippen MR) is 73.7 cm³/mol. The van der Waals surface area contributed by atoms with Crippen molar-refractivity contribution >= 4 is 23.0 Å². The molecule has 1 aromatic carbocycles. The van der Waals surface area contributed by atoms with Crippen LogP contribution in [0.4, 0.5) is 0 Å². The van der Waals surface area contributed by atoms with E-state index in [1.165, 1.54) is 12.4 Å². The number of nitrogens with one attached hydrogen (secondary N) is 1. The normalized spacial score (nSPS) is 11.6. The highest BCUT2D eigenvalue weighted by molar-refractivity contribution is 5.99. The number of fused-ring (bicyclic) bond motifs is 1. The lowest BCUT2D eigenvalue weighted by Crippen LogP contribution is -2.12. The molecule has 1 amide bonds. The average molecular weight is 243 g/mol. The van der Waals surface area contributed by atoms with Gasteiger partial charge in [-0.05, 0) is 19.9 Å². The van der Waals surface area contributed by atoms with E-state index >= 15 is 0 Å². The van der Waals surface area contributed by atoms with Gasteiger partial charge in [0.2, 0.25) is 5.91 Å². The topological polar surface area (TPSA) is 46.4 Å². The van der Waals surface area contributed by atoms with Crippen LogP contribution < -0.4 is 5.43 Å². The molecule has 1 N–H and O–H groups in total. The summed E-state index contributed by atoms with van der Waals surface area (Å²) in [5, 5.41) is 5.07. The fraction of sp³-hybridized carbons (Fsp3) is 0.286. The first-order valence-electron chi connectivity index (χ1n) is 5.99. The number of carbonyl (C=O) groups is 1. The Kier molecular flexibility index (Phi) is 3.46. The van der Waals surface area contributed by atoms with E-state index < -0.39 is 0 Å². The summed E-state index contributed by atoms with van der Waals surface area (Å²) in [7, 11) is 0. The largest absolute Gasteiger partial charge is 0.344 e. The maximum atomic E-state index is 10.8. The fourth-order valence-electron chi connectivity index (χ4n) is 1.95. The van der Waals surface area contributed by atoms with Crippen LogP contribution in [0.1, 0.15) is 32.4 Å². The summed E-state index contributed by atoms with van der Waals surface area (Å²) in [5.74, 6) is -0.168. The van der Waals surface area contributed by atoms with Crippen molar-refractivity contribution in [2.24, 2.45) is 5.10 Å². The van der Waals surface area contributed by atoms with Crippen molar-refractivity contribution in [1.82, 2.24) is 9.99 Å². The highest BCUT2D eigenvalue weighted by Crippen LogP contribution is 2.23. The first-order chi connectivity index (χ1) is 8.59. The molecule has 2 aromatic rings. The fourth-order valence-corrected chi connectivity index (χ4v) is 1.95. The predicted octanol–water partition coefficient (Wildman–Crippen LogP) is 2.69. The van der Waals surface area contributed by atoms with Gasteiger partial charge in [0.15, 0.2) is 0 Å². The second-order valence-corrected chi connectivity index (χ2v) is 4.53. The molecule has 4 heteroatoms. The van der Waals surface area contributed by atoms with Crippen molar-refractivity contribution in [1.29, 1.82) is 0 Å². The monoisotopic (exact) mass is 243 g/mol. The highest BCUT2D eigenvalue weighted by Gasteiger charge is 2.08. The van der Waals surface area contributed by atoms with Crippen molar-refractivity contribution in [3.8, 4) is 0 Å². The molecule has 94 valence electrons. The zero-order valence-corrected chi connectivity index (χ0v) is 10.8. The third-order valence-corrected chi connectivity index (χ3v) is 2.75. The van der Waals surface area contributed by atoms with Crippen molar-refractivity contribution in [2.75, 3.05) is 0 Å². The maximum absolute atomic E-state index is 10.8. The molecule has 0 aliphatic carbocycles. The summed E-state index contributed by atoms with van der Waals surface area (Å²) in [5.41, 5.74) is 4.60. The van der Waals surface area contributed by atoms with E-state index in [1.807, 2.05) is 12.1 Å². The Morgan fingerprint density at radius 2 is 2.11 bits per heavy atom. The smallest absolute Gasteiger partial charge is 0.236 e. The molecule has 0 unspecified atom stereocenters. The molecule has 1 heterocycles. The van der Waals surface area contributed by atoms with Crippen LogP contribution in [0.25, 0.3) is 10.9 Å².